The Hall–Kier alpha value is -3.92. The number of nitrogens with two attached hydrogens (primary N) is 1. The van der Waals surface area contributed by atoms with Crippen LogP contribution in [0.4, 0.5) is 0 Å². The van der Waals surface area contributed by atoms with Crippen molar-refractivity contribution in [2.45, 2.75) is 0 Å². The summed E-state index contributed by atoms with van der Waals surface area (Å²) in [5, 5.41) is 2.54. The Labute approximate surface area is 179 Å². The molecule has 2 aromatic rings. The zero-order chi connectivity index (χ0) is 23.0. The maximum atomic E-state index is 12.9. The number of carbonyl (C=O) groups is 2. The summed E-state index contributed by atoms with van der Waals surface area (Å²) in [5.41, 5.74) is 2.60. The van der Waals surface area contributed by atoms with Crippen molar-refractivity contribution in [3.63, 3.8) is 0 Å². The van der Waals surface area contributed by atoms with Crippen molar-refractivity contribution in [2.24, 2.45) is 5.84 Å². The monoisotopic (exact) mass is 431 g/mol. The predicted octanol–water partition coefficient (Wildman–Crippen LogP) is 1.49. The first kappa shape index (κ1) is 23.4. The van der Waals surface area contributed by atoms with E-state index in [1.165, 1.54) is 53.8 Å². The average molecular weight is 431 g/mol. The molecule has 0 fully saturated rings. The minimum absolute atomic E-state index is 0.107. The van der Waals surface area contributed by atoms with Gasteiger partial charge >= 0.3 is 0 Å². The number of benzene rings is 2. The minimum atomic E-state index is -0.710. The number of hydrogen-bond donors (Lipinski definition) is 3. The van der Waals surface area contributed by atoms with Gasteiger partial charge in [0.05, 0.1) is 35.5 Å². The third-order valence-corrected chi connectivity index (χ3v) is 4.29. The predicted molar refractivity (Wildman–Crippen MR) is 113 cm³/mol. The van der Waals surface area contributed by atoms with Crippen molar-refractivity contribution in [1.29, 1.82) is 0 Å². The van der Waals surface area contributed by atoms with Gasteiger partial charge in [-0.15, -0.1) is 0 Å². The van der Waals surface area contributed by atoms with Gasteiger partial charge in [-0.3, -0.25) is 15.0 Å². The summed E-state index contributed by atoms with van der Waals surface area (Å²) < 4.78 is 26.3. The Morgan fingerprint density at radius 1 is 0.839 bits per heavy atom. The Bertz CT molecular complexity index is 964. The first-order valence-electron chi connectivity index (χ1n) is 8.98. The summed E-state index contributed by atoms with van der Waals surface area (Å²) in [7, 11) is 7.32. The summed E-state index contributed by atoms with van der Waals surface area (Å²) in [6, 6.07) is 7.93. The normalized spacial score (nSPS) is 10.7. The van der Waals surface area contributed by atoms with Gasteiger partial charge in [0.1, 0.15) is 17.2 Å². The first-order valence-corrected chi connectivity index (χ1v) is 8.98. The Morgan fingerprint density at radius 2 is 1.45 bits per heavy atom. The Balaban J connectivity index is 2.45. The number of nitrogens with one attached hydrogen (secondary N) is 2. The number of carbonyl (C=O) groups excluding carboxylic acids is 2. The van der Waals surface area contributed by atoms with Gasteiger partial charge in [0.15, 0.2) is 11.5 Å². The van der Waals surface area contributed by atoms with E-state index in [9.17, 15) is 9.59 Å². The van der Waals surface area contributed by atoms with Crippen molar-refractivity contribution in [3.05, 3.63) is 47.2 Å². The van der Waals surface area contributed by atoms with Crippen LogP contribution in [0.2, 0.25) is 0 Å². The maximum Gasteiger partial charge on any atom is 0.281 e. The lowest BCUT2D eigenvalue weighted by molar-refractivity contribution is -0.117. The maximum absolute atomic E-state index is 12.9. The van der Waals surface area contributed by atoms with E-state index in [1.54, 1.807) is 18.2 Å². The SMILES string of the molecule is COc1ccc(/C=C(/NC(=O)c2cc(OC)c(OC)c(OC)c2)C(=O)NN)c(OC)c1. The zero-order valence-electron chi connectivity index (χ0n) is 17.9. The number of amides is 2. The minimum Gasteiger partial charge on any atom is -0.497 e. The van der Waals surface area contributed by atoms with Gasteiger partial charge < -0.3 is 29.0 Å². The summed E-state index contributed by atoms with van der Waals surface area (Å²) in [4.78, 5) is 25.2. The fourth-order valence-electron chi connectivity index (χ4n) is 2.74. The molecule has 166 valence electrons. The van der Waals surface area contributed by atoms with Crippen LogP contribution in [0.15, 0.2) is 36.0 Å². The summed E-state index contributed by atoms with van der Waals surface area (Å²) in [6.45, 7) is 0. The number of rotatable bonds is 9. The van der Waals surface area contributed by atoms with Gasteiger partial charge in [0.2, 0.25) is 5.75 Å². The van der Waals surface area contributed by atoms with Crippen LogP contribution < -0.4 is 40.3 Å². The van der Waals surface area contributed by atoms with Crippen molar-refractivity contribution >= 4 is 17.9 Å². The molecule has 0 saturated carbocycles. The summed E-state index contributed by atoms with van der Waals surface area (Å²) >= 11 is 0. The molecule has 10 heteroatoms. The third kappa shape index (κ3) is 5.37. The van der Waals surface area contributed by atoms with E-state index >= 15 is 0 Å². The third-order valence-electron chi connectivity index (χ3n) is 4.29. The first-order chi connectivity index (χ1) is 14.9. The van der Waals surface area contributed by atoms with Crippen molar-refractivity contribution in [2.75, 3.05) is 35.5 Å². The van der Waals surface area contributed by atoms with E-state index in [-0.39, 0.29) is 22.8 Å². The van der Waals surface area contributed by atoms with Gasteiger partial charge in [-0.05, 0) is 30.3 Å². The van der Waals surface area contributed by atoms with Crippen LogP contribution in [-0.4, -0.2) is 47.4 Å². The molecule has 0 unspecified atom stereocenters. The van der Waals surface area contributed by atoms with Gasteiger partial charge in [-0.1, -0.05) is 0 Å². The Morgan fingerprint density at radius 3 is 1.94 bits per heavy atom. The Kier molecular flexibility index (Phi) is 8.09. The molecule has 0 bridgehead atoms. The van der Waals surface area contributed by atoms with Crippen LogP contribution >= 0.6 is 0 Å². The quantitative estimate of drug-likeness (QED) is 0.236. The second-order valence-electron chi connectivity index (χ2n) is 6.01. The van der Waals surface area contributed by atoms with E-state index < -0.39 is 11.8 Å². The van der Waals surface area contributed by atoms with E-state index in [4.69, 9.17) is 29.5 Å². The largest absolute Gasteiger partial charge is 0.497 e. The highest BCUT2D eigenvalue weighted by atomic mass is 16.5. The molecule has 0 radical (unpaired) electrons. The number of hydrogen-bond acceptors (Lipinski definition) is 8. The van der Waals surface area contributed by atoms with Crippen LogP contribution in [0.1, 0.15) is 15.9 Å². The number of ether oxygens (including phenoxy) is 5. The lowest BCUT2D eigenvalue weighted by Crippen LogP contribution is -2.38. The van der Waals surface area contributed by atoms with Crippen molar-refractivity contribution in [3.8, 4) is 28.7 Å². The van der Waals surface area contributed by atoms with Gasteiger partial charge in [-0.25, -0.2) is 5.84 Å². The number of hydrazine groups is 1. The number of methoxy groups -OCH3 is 5. The lowest BCUT2D eigenvalue weighted by atomic mass is 10.1. The molecular formula is C21H25N3O7. The van der Waals surface area contributed by atoms with Crippen LogP contribution in [0, 0.1) is 0 Å². The molecule has 2 aromatic carbocycles. The second kappa shape index (κ2) is 10.7. The van der Waals surface area contributed by atoms with E-state index in [1.807, 2.05) is 5.43 Å². The topological polar surface area (TPSA) is 130 Å². The smallest absolute Gasteiger partial charge is 0.281 e. The zero-order valence-corrected chi connectivity index (χ0v) is 17.9. The summed E-state index contributed by atoms with van der Waals surface area (Å²) in [5.74, 6) is 5.90. The highest BCUT2D eigenvalue weighted by Gasteiger charge is 2.20. The van der Waals surface area contributed by atoms with Gasteiger partial charge in [-0.2, -0.15) is 0 Å². The molecule has 0 saturated heterocycles. The molecule has 31 heavy (non-hydrogen) atoms. The molecular weight excluding hydrogens is 406 g/mol. The molecule has 0 aliphatic rings. The molecule has 0 aromatic heterocycles. The summed E-state index contributed by atoms with van der Waals surface area (Å²) in [6.07, 6.45) is 1.43. The van der Waals surface area contributed by atoms with Crippen LogP contribution in [0.25, 0.3) is 6.08 Å². The van der Waals surface area contributed by atoms with Gasteiger partial charge in [0.25, 0.3) is 11.8 Å². The molecule has 10 nitrogen and oxygen atoms in total. The molecule has 0 atom stereocenters. The molecule has 0 aliphatic carbocycles. The molecule has 0 spiro atoms. The lowest BCUT2D eigenvalue weighted by Gasteiger charge is -2.15. The molecule has 0 heterocycles. The average Bonchev–Trinajstić information content (AvgIpc) is 2.81. The van der Waals surface area contributed by atoms with Gasteiger partial charge in [0, 0.05) is 17.2 Å². The van der Waals surface area contributed by atoms with Crippen LogP contribution in [0.5, 0.6) is 28.7 Å². The molecule has 4 N–H and O–H groups in total. The van der Waals surface area contributed by atoms with E-state index in [2.05, 4.69) is 5.32 Å². The fraction of sp³-hybridized carbons (Fsp3) is 0.238. The highest BCUT2D eigenvalue weighted by molar-refractivity contribution is 6.05. The van der Waals surface area contributed by atoms with E-state index in [0.29, 0.717) is 22.8 Å². The highest BCUT2D eigenvalue weighted by Crippen LogP contribution is 2.38. The van der Waals surface area contributed by atoms with Crippen molar-refractivity contribution in [1.82, 2.24) is 10.7 Å². The fourth-order valence-corrected chi connectivity index (χ4v) is 2.74. The molecule has 2 rings (SSSR count). The van der Waals surface area contributed by atoms with Crippen LogP contribution in [0.3, 0.4) is 0 Å². The standard InChI is InChI=1S/C21H25N3O7/c1-27-14-7-6-12(16(11-14)28-2)8-15(21(26)24-22)23-20(25)13-9-17(29-3)19(31-5)18(10-13)30-4/h6-11H,22H2,1-5H3,(H,23,25)(H,24,26)/b15-8+. The molecule has 0 aliphatic heterocycles. The van der Waals surface area contributed by atoms with Crippen LogP contribution in [-0.2, 0) is 4.79 Å². The second-order valence-corrected chi connectivity index (χ2v) is 6.01. The molecule has 2 amide bonds. The van der Waals surface area contributed by atoms with E-state index in [0.717, 1.165) is 0 Å². The van der Waals surface area contributed by atoms with Crippen molar-refractivity contribution < 1.29 is 33.3 Å².